The molecular weight excluding hydrogens is 394 g/mol. The number of hydrogen-bond acceptors (Lipinski definition) is 7. The number of nitrogens with one attached hydrogen (secondary N) is 1. The van der Waals surface area contributed by atoms with Crippen molar-refractivity contribution in [2.24, 2.45) is 5.92 Å². The van der Waals surface area contributed by atoms with Gasteiger partial charge in [0.15, 0.2) is 0 Å². The van der Waals surface area contributed by atoms with Gasteiger partial charge in [0.25, 0.3) is 0 Å². The van der Waals surface area contributed by atoms with Crippen molar-refractivity contribution in [3.63, 3.8) is 0 Å². The number of thioether (sulfide) groups is 1. The molecule has 1 rings (SSSR count). The van der Waals surface area contributed by atoms with Crippen LogP contribution in [0.4, 0.5) is 4.79 Å². The zero-order valence-electron chi connectivity index (χ0n) is 18.5. The van der Waals surface area contributed by atoms with Crippen molar-refractivity contribution in [3.8, 4) is 0 Å². The quantitative estimate of drug-likeness (QED) is 0.351. The van der Waals surface area contributed by atoms with E-state index in [1.807, 2.05) is 11.8 Å². The van der Waals surface area contributed by atoms with Crippen molar-refractivity contribution in [3.05, 3.63) is 0 Å². The van der Waals surface area contributed by atoms with Crippen LogP contribution in [0.1, 0.15) is 46.0 Å². The van der Waals surface area contributed by atoms with E-state index < -0.39 is 0 Å². The molecule has 0 bridgehead atoms. The van der Waals surface area contributed by atoms with E-state index in [1.165, 1.54) is 0 Å². The fourth-order valence-corrected chi connectivity index (χ4v) is 3.63. The Bertz CT molecular complexity index is 391. The number of hydrogen-bond donors (Lipinski definition) is 1. The van der Waals surface area contributed by atoms with Crippen LogP contribution in [0.2, 0.25) is 0 Å². The highest BCUT2D eigenvalue weighted by Crippen LogP contribution is 2.28. The van der Waals surface area contributed by atoms with Gasteiger partial charge in [-0.25, -0.2) is 4.79 Å². The average molecular weight is 436 g/mol. The highest BCUT2D eigenvalue weighted by atomic mass is 32.2. The molecular formula is C21H41NO6S. The van der Waals surface area contributed by atoms with Crippen molar-refractivity contribution in [2.75, 3.05) is 65.7 Å². The van der Waals surface area contributed by atoms with Crippen LogP contribution in [0, 0.1) is 5.92 Å². The van der Waals surface area contributed by atoms with Gasteiger partial charge in [-0.3, -0.25) is 0 Å². The normalized spacial score (nSPS) is 19.4. The minimum Gasteiger partial charge on any atom is -0.446 e. The first-order chi connectivity index (χ1) is 14.1. The smallest absolute Gasteiger partial charge is 0.407 e. The lowest BCUT2D eigenvalue weighted by molar-refractivity contribution is -0.00254. The summed E-state index contributed by atoms with van der Waals surface area (Å²) >= 11 is 1.90. The predicted molar refractivity (Wildman–Crippen MR) is 117 cm³/mol. The van der Waals surface area contributed by atoms with Crippen molar-refractivity contribution in [1.82, 2.24) is 5.32 Å². The monoisotopic (exact) mass is 435 g/mol. The van der Waals surface area contributed by atoms with E-state index in [4.69, 9.17) is 23.7 Å². The number of alkyl carbamates (subject to hydrolysis) is 1. The van der Waals surface area contributed by atoms with Crippen LogP contribution in [0.5, 0.6) is 0 Å². The lowest BCUT2D eigenvalue weighted by Crippen LogP contribution is -2.33. The SMILES string of the molecule is CSC1CCC(OC(=O)NCCOCCOCCOCCOCCC(C)C)CC1. The third kappa shape index (κ3) is 15.9. The van der Waals surface area contributed by atoms with Gasteiger partial charge in [-0.05, 0) is 44.3 Å². The summed E-state index contributed by atoms with van der Waals surface area (Å²) in [5.41, 5.74) is 0. The Morgan fingerprint density at radius 2 is 1.38 bits per heavy atom. The fourth-order valence-electron chi connectivity index (χ4n) is 2.88. The van der Waals surface area contributed by atoms with Crippen LogP contribution in [0.15, 0.2) is 0 Å². The third-order valence-electron chi connectivity index (χ3n) is 4.70. The number of carbonyl (C=O) groups is 1. The summed E-state index contributed by atoms with van der Waals surface area (Å²) in [5.74, 6) is 0.672. The van der Waals surface area contributed by atoms with Gasteiger partial charge in [-0.2, -0.15) is 11.8 Å². The minimum atomic E-state index is -0.345. The molecule has 29 heavy (non-hydrogen) atoms. The molecule has 1 saturated carbocycles. The van der Waals surface area contributed by atoms with Crippen LogP contribution in [-0.2, 0) is 23.7 Å². The molecule has 0 radical (unpaired) electrons. The van der Waals surface area contributed by atoms with Gasteiger partial charge in [-0.1, -0.05) is 13.8 Å². The zero-order valence-corrected chi connectivity index (χ0v) is 19.3. The maximum absolute atomic E-state index is 11.8. The van der Waals surface area contributed by atoms with Crippen LogP contribution in [0.3, 0.4) is 0 Å². The van der Waals surface area contributed by atoms with E-state index in [0.717, 1.165) is 38.7 Å². The fraction of sp³-hybridized carbons (Fsp3) is 0.952. The van der Waals surface area contributed by atoms with Gasteiger partial charge >= 0.3 is 6.09 Å². The third-order valence-corrected chi connectivity index (χ3v) is 5.84. The number of rotatable bonds is 17. The zero-order chi connectivity index (χ0) is 21.2. The van der Waals surface area contributed by atoms with Crippen LogP contribution in [-0.4, -0.2) is 83.1 Å². The maximum atomic E-state index is 11.8. The van der Waals surface area contributed by atoms with E-state index in [2.05, 4.69) is 25.4 Å². The Hall–Kier alpha value is -0.540. The summed E-state index contributed by atoms with van der Waals surface area (Å²) in [6.45, 7) is 9.38. The molecule has 8 heteroatoms. The second-order valence-corrected chi connectivity index (χ2v) is 8.74. The summed E-state index contributed by atoms with van der Waals surface area (Å²) in [7, 11) is 0. The van der Waals surface area contributed by atoms with Crippen molar-refractivity contribution < 1.29 is 28.5 Å². The number of ether oxygens (including phenoxy) is 5. The molecule has 1 aliphatic rings. The summed E-state index contributed by atoms with van der Waals surface area (Å²) < 4.78 is 27.2. The highest BCUT2D eigenvalue weighted by Gasteiger charge is 2.23. The van der Waals surface area contributed by atoms with Crippen molar-refractivity contribution in [2.45, 2.75) is 57.3 Å². The molecule has 0 aromatic carbocycles. The van der Waals surface area contributed by atoms with Crippen LogP contribution in [0.25, 0.3) is 0 Å². The van der Waals surface area contributed by atoms with Crippen LogP contribution >= 0.6 is 11.8 Å². The lowest BCUT2D eigenvalue weighted by atomic mass is 9.97. The van der Waals surface area contributed by atoms with Gasteiger partial charge in [0.1, 0.15) is 6.10 Å². The average Bonchev–Trinajstić information content (AvgIpc) is 2.71. The van der Waals surface area contributed by atoms with Gasteiger partial charge in [0, 0.05) is 18.4 Å². The molecule has 0 unspecified atom stereocenters. The lowest BCUT2D eigenvalue weighted by Gasteiger charge is -2.27. The number of amides is 1. The summed E-state index contributed by atoms with van der Waals surface area (Å²) in [6, 6.07) is 0. The highest BCUT2D eigenvalue weighted by molar-refractivity contribution is 7.99. The van der Waals surface area contributed by atoms with Gasteiger partial charge in [0.05, 0.1) is 46.2 Å². The predicted octanol–water partition coefficient (Wildman–Crippen LogP) is 3.50. The molecule has 7 nitrogen and oxygen atoms in total. The topological polar surface area (TPSA) is 75.3 Å². The first-order valence-corrected chi connectivity index (χ1v) is 12.2. The van der Waals surface area contributed by atoms with Crippen molar-refractivity contribution >= 4 is 17.9 Å². The van der Waals surface area contributed by atoms with E-state index >= 15 is 0 Å². The van der Waals surface area contributed by atoms with Crippen molar-refractivity contribution in [1.29, 1.82) is 0 Å². The molecule has 0 saturated heterocycles. The van der Waals surface area contributed by atoms with Crippen LogP contribution < -0.4 is 5.32 Å². The molecule has 0 aromatic heterocycles. The molecule has 0 aromatic rings. The maximum Gasteiger partial charge on any atom is 0.407 e. The second kappa shape index (κ2) is 18.2. The second-order valence-electron chi connectivity index (χ2n) is 7.60. The Kier molecular flexibility index (Phi) is 16.7. The van der Waals surface area contributed by atoms with Gasteiger partial charge < -0.3 is 29.0 Å². The Morgan fingerprint density at radius 3 is 1.90 bits per heavy atom. The standard InChI is InChI=1S/C21H41NO6S/c1-18(2)8-10-24-12-14-26-16-17-27-15-13-25-11-9-22-21(23)28-19-4-6-20(29-3)7-5-19/h18-20H,4-17H2,1-3H3,(H,22,23). The molecule has 0 atom stereocenters. The largest absolute Gasteiger partial charge is 0.446 e. The van der Waals surface area contributed by atoms with E-state index in [9.17, 15) is 4.79 Å². The molecule has 0 heterocycles. The Labute approximate surface area is 180 Å². The minimum absolute atomic E-state index is 0.0570. The first kappa shape index (κ1) is 26.5. The molecule has 1 aliphatic carbocycles. The molecule has 172 valence electrons. The number of carbonyl (C=O) groups excluding carboxylic acids is 1. The van der Waals surface area contributed by atoms with E-state index in [1.54, 1.807) is 0 Å². The molecule has 1 N–H and O–H groups in total. The van der Waals surface area contributed by atoms with E-state index in [-0.39, 0.29) is 12.2 Å². The van der Waals surface area contributed by atoms with Gasteiger partial charge in [-0.15, -0.1) is 0 Å². The first-order valence-electron chi connectivity index (χ1n) is 10.9. The summed E-state index contributed by atoms with van der Waals surface area (Å²) in [5, 5.41) is 3.45. The molecule has 0 aliphatic heterocycles. The Morgan fingerprint density at radius 1 is 0.862 bits per heavy atom. The van der Waals surface area contributed by atoms with E-state index in [0.29, 0.717) is 64.0 Å². The molecule has 0 spiro atoms. The summed E-state index contributed by atoms with van der Waals surface area (Å²) in [6.07, 6.45) is 7.11. The molecule has 1 amide bonds. The molecule has 1 fully saturated rings. The van der Waals surface area contributed by atoms with Gasteiger partial charge in [0.2, 0.25) is 0 Å². The Balaban J connectivity index is 1.77. The summed E-state index contributed by atoms with van der Waals surface area (Å²) in [4.78, 5) is 11.8.